The highest BCUT2D eigenvalue weighted by atomic mass is 35.5. The number of ether oxygens (including phenoxy) is 1. The van der Waals surface area contributed by atoms with Gasteiger partial charge in [-0.2, -0.15) is 5.10 Å². The van der Waals surface area contributed by atoms with E-state index in [4.69, 9.17) is 16.3 Å². The standard InChI is InChI=1S/C16H25ClN4O2/c1-16(2,3)23-15(22)21-9-5-4-6-13(21)11-18-10-12-7-8-14(17)20-19-12/h7-8,13,18H,4-6,9-11H2,1-3H3. The van der Waals surface area contributed by atoms with E-state index < -0.39 is 5.60 Å². The summed E-state index contributed by atoms with van der Waals surface area (Å²) in [5.74, 6) is 0. The molecule has 1 saturated heterocycles. The zero-order valence-electron chi connectivity index (χ0n) is 14.0. The first-order valence-electron chi connectivity index (χ1n) is 8.03. The van der Waals surface area contributed by atoms with E-state index in [1.807, 2.05) is 31.7 Å². The fraction of sp³-hybridized carbons (Fsp3) is 0.688. The van der Waals surface area contributed by atoms with Crippen LogP contribution in [0.4, 0.5) is 4.79 Å². The van der Waals surface area contributed by atoms with E-state index in [0.29, 0.717) is 18.2 Å². The van der Waals surface area contributed by atoms with E-state index in [9.17, 15) is 4.79 Å². The molecule has 0 saturated carbocycles. The molecule has 2 rings (SSSR count). The number of hydrogen-bond acceptors (Lipinski definition) is 5. The van der Waals surface area contributed by atoms with Crippen molar-refractivity contribution in [2.45, 2.75) is 58.2 Å². The molecule has 0 radical (unpaired) electrons. The lowest BCUT2D eigenvalue weighted by atomic mass is 10.0. The molecule has 1 aromatic rings. The van der Waals surface area contributed by atoms with Gasteiger partial charge in [-0.3, -0.25) is 0 Å². The fourth-order valence-electron chi connectivity index (χ4n) is 2.58. The van der Waals surface area contributed by atoms with Gasteiger partial charge in [-0.1, -0.05) is 11.6 Å². The van der Waals surface area contributed by atoms with E-state index in [2.05, 4.69) is 15.5 Å². The van der Waals surface area contributed by atoms with Gasteiger partial charge < -0.3 is 15.0 Å². The Labute approximate surface area is 142 Å². The molecule has 1 atom stereocenters. The van der Waals surface area contributed by atoms with Crippen molar-refractivity contribution in [3.05, 3.63) is 23.0 Å². The second-order valence-corrected chi connectivity index (χ2v) is 7.19. The highest BCUT2D eigenvalue weighted by Gasteiger charge is 2.30. The van der Waals surface area contributed by atoms with E-state index in [0.717, 1.165) is 31.5 Å². The molecule has 0 aliphatic carbocycles. The Morgan fingerprint density at radius 2 is 2.17 bits per heavy atom. The molecule has 0 spiro atoms. The van der Waals surface area contributed by atoms with Crippen molar-refractivity contribution < 1.29 is 9.53 Å². The topological polar surface area (TPSA) is 67.3 Å². The summed E-state index contributed by atoms with van der Waals surface area (Å²) in [6.45, 7) is 7.73. The predicted molar refractivity (Wildman–Crippen MR) is 89.3 cm³/mol. The van der Waals surface area contributed by atoms with Gasteiger partial charge in [-0.05, 0) is 52.2 Å². The first-order chi connectivity index (χ1) is 10.8. The van der Waals surface area contributed by atoms with Crippen LogP contribution in [0.1, 0.15) is 45.7 Å². The molecule has 1 N–H and O–H groups in total. The molecule has 2 heterocycles. The third kappa shape index (κ3) is 5.95. The van der Waals surface area contributed by atoms with Gasteiger partial charge >= 0.3 is 6.09 Å². The SMILES string of the molecule is CC(C)(C)OC(=O)N1CCCCC1CNCc1ccc(Cl)nn1. The summed E-state index contributed by atoms with van der Waals surface area (Å²) in [7, 11) is 0. The summed E-state index contributed by atoms with van der Waals surface area (Å²) in [6, 6.07) is 3.72. The summed E-state index contributed by atoms with van der Waals surface area (Å²) in [5.41, 5.74) is 0.361. The highest BCUT2D eigenvalue weighted by Crippen LogP contribution is 2.20. The largest absolute Gasteiger partial charge is 0.444 e. The Kier molecular flexibility index (Phi) is 6.18. The average Bonchev–Trinajstić information content (AvgIpc) is 2.48. The van der Waals surface area contributed by atoms with Crippen molar-refractivity contribution in [3.63, 3.8) is 0 Å². The Bertz CT molecular complexity index is 516. The number of hydrogen-bond donors (Lipinski definition) is 1. The molecule has 1 amide bonds. The van der Waals surface area contributed by atoms with Crippen molar-refractivity contribution in [1.29, 1.82) is 0 Å². The second-order valence-electron chi connectivity index (χ2n) is 6.80. The van der Waals surface area contributed by atoms with Crippen LogP contribution >= 0.6 is 11.6 Å². The minimum absolute atomic E-state index is 0.152. The van der Waals surface area contributed by atoms with Gasteiger partial charge in [0.1, 0.15) is 5.60 Å². The molecule has 0 bridgehead atoms. The quantitative estimate of drug-likeness (QED) is 0.912. The average molecular weight is 341 g/mol. The molecule has 6 nitrogen and oxygen atoms in total. The van der Waals surface area contributed by atoms with E-state index in [1.54, 1.807) is 6.07 Å². The molecule has 1 aromatic heterocycles. The first kappa shape index (κ1) is 17.9. The van der Waals surface area contributed by atoms with Crippen LogP contribution in [0.2, 0.25) is 5.15 Å². The minimum Gasteiger partial charge on any atom is -0.444 e. The molecule has 1 fully saturated rings. The maximum atomic E-state index is 12.3. The lowest BCUT2D eigenvalue weighted by Gasteiger charge is -2.36. The van der Waals surface area contributed by atoms with Crippen LogP contribution in [-0.2, 0) is 11.3 Å². The van der Waals surface area contributed by atoms with Gasteiger partial charge in [0.05, 0.1) is 5.69 Å². The number of aromatic nitrogens is 2. The first-order valence-corrected chi connectivity index (χ1v) is 8.41. The van der Waals surface area contributed by atoms with Crippen LogP contribution < -0.4 is 5.32 Å². The summed E-state index contributed by atoms with van der Waals surface area (Å²) < 4.78 is 5.51. The predicted octanol–water partition coefficient (Wildman–Crippen LogP) is 3.01. The third-order valence-corrected chi connectivity index (χ3v) is 3.83. The van der Waals surface area contributed by atoms with Crippen molar-refractivity contribution >= 4 is 17.7 Å². The molecule has 1 aliphatic rings. The summed E-state index contributed by atoms with van der Waals surface area (Å²) in [5, 5.41) is 11.6. The molecule has 128 valence electrons. The number of halogens is 1. The van der Waals surface area contributed by atoms with Crippen LogP contribution in [0.25, 0.3) is 0 Å². The van der Waals surface area contributed by atoms with Crippen molar-refractivity contribution in [3.8, 4) is 0 Å². The molecular formula is C16H25ClN4O2. The number of nitrogens with zero attached hydrogens (tertiary/aromatic N) is 3. The van der Waals surface area contributed by atoms with E-state index in [-0.39, 0.29) is 12.1 Å². The van der Waals surface area contributed by atoms with Gasteiger partial charge in [0, 0.05) is 25.7 Å². The van der Waals surface area contributed by atoms with Crippen molar-refractivity contribution in [2.75, 3.05) is 13.1 Å². The minimum atomic E-state index is -0.467. The highest BCUT2D eigenvalue weighted by molar-refractivity contribution is 6.29. The van der Waals surface area contributed by atoms with Crippen LogP contribution in [0.5, 0.6) is 0 Å². The number of nitrogens with one attached hydrogen (secondary N) is 1. The van der Waals surface area contributed by atoms with Crippen LogP contribution in [0.3, 0.4) is 0 Å². The van der Waals surface area contributed by atoms with Gasteiger partial charge in [0.2, 0.25) is 0 Å². The van der Waals surface area contributed by atoms with E-state index >= 15 is 0 Å². The Morgan fingerprint density at radius 3 is 2.83 bits per heavy atom. The second kappa shape index (κ2) is 7.93. The molecule has 7 heteroatoms. The Morgan fingerprint density at radius 1 is 1.39 bits per heavy atom. The van der Waals surface area contributed by atoms with Gasteiger partial charge in [-0.15, -0.1) is 5.10 Å². The van der Waals surface area contributed by atoms with Gasteiger partial charge in [0.15, 0.2) is 5.15 Å². The van der Waals surface area contributed by atoms with Crippen LogP contribution in [0, 0.1) is 0 Å². The van der Waals surface area contributed by atoms with Gasteiger partial charge in [0.25, 0.3) is 0 Å². The number of carbonyl (C=O) groups is 1. The summed E-state index contributed by atoms with van der Waals surface area (Å²) in [4.78, 5) is 14.2. The van der Waals surface area contributed by atoms with Gasteiger partial charge in [-0.25, -0.2) is 4.79 Å². The molecule has 1 unspecified atom stereocenters. The van der Waals surface area contributed by atoms with Crippen LogP contribution in [-0.4, -0.2) is 45.9 Å². The number of piperidine rings is 1. The zero-order valence-corrected chi connectivity index (χ0v) is 14.8. The molecule has 1 aliphatic heterocycles. The number of carbonyl (C=O) groups excluding carboxylic acids is 1. The lowest BCUT2D eigenvalue weighted by molar-refractivity contribution is 0.00993. The maximum Gasteiger partial charge on any atom is 0.410 e. The molecular weight excluding hydrogens is 316 g/mol. The number of amides is 1. The Balaban J connectivity index is 1.86. The lowest BCUT2D eigenvalue weighted by Crippen LogP contribution is -2.50. The molecule has 23 heavy (non-hydrogen) atoms. The normalized spacial score (nSPS) is 18.8. The summed E-state index contributed by atoms with van der Waals surface area (Å²) >= 11 is 5.72. The summed E-state index contributed by atoms with van der Waals surface area (Å²) in [6.07, 6.45) is 2.92. The van der Waals surface area contributed by atoms with Crippen molar-refractivity contribution in [2.24, 2.45) is 0 Å². The smallest absolute Gasteiger partial charge is 0.410 e. The monoisotopic (exact) mass is 340 g/mol. The fourth-order valence-corrected chi connectivity index (χ4v) is 2.68. The number of likely N-dealkylation sites (tertiary alicyclic amines) is 1. The maximum absolute atomic E-state index is 12.3. The number of rotatable bonds is 4. The van der Waals surface area contributed by atoms with Crippen LogP contribution in [0.15, 0.2) is 12.1 Å². The Hall–Kier alpha value is -1.40. The third-order valence-electron chi connectivity index (χ3n) is 3.63. The molecule has 0 aromatic carbocycles. The van der Waals surface area contributed by atoms with E-state index in [1.165, 1.54) is 0 Å². The van der Waals surface area contributed by atoms with Crippen molar-refractivity contribution in [1.82, 2.24) is 20.4 Å². The zero-order chi connectivity index (χ0) is 16.9.